The Bertz CT molecular complexity index is 852. The first-order chi connectivity index (χ1) is 13.0. The van der Waals surface area contributed by atoms with Crippen molar-refractivity contribution in [2.45, 2.75) is 18.4 Å². The lowest BCUT2D eigenvalue weighted by Gasteiger charge is -2.37. The predicted molar refractivity (Wildman–Crippen MR) is 103 cm³/mol. The van der Waals surface area contributed by atoms with Crippen molar-refractivity contribution in [3.05, 3.63) is 36.0 Å². The summed E-state index contributed by atoms with van der Waals surface area (Å²) in [5, 5.41) is 1.10. The number of carbonyl (C=O) groups is 2. The van der Waals surface area contributed by atoms with Crippen LogP contribution in [0.15, 0.2) is 30.5 Å². The lowest BCUT2D eigenvalue weighted by molar-refractivity contribution is 0.00313. The van der Waals surface area contributed by atoms with Crippen LogP contribution >= 0.6 is 0 Å². The molecule has 1 aromatic carbocycles. The zero-order chi connectivity index (χ0) is 19.0. The first-order valence-corrected chi connectivity index (χ1v) is 9.45. The number of nitrogens with one attached hydrogen (secondary N) is 1. The van der Waals surface area contributed by atoms with Gasteiger partial charge in [-0.05, 0) is 37.7 Å². The number of benzene rings is 1. The van der Waals surface area contributed by atoms with Crippen LogP contribution < -0.4 is 0 Å². The maximum atomic E-state index is 12.9. The summed E-state index contributed by atoms with van der Waals surface area (Å²) in [5.74, 6) is 0.0372. The molecule has 3 heterocycles. The number of likely N-dealkylation sites (tertiary alicyclic amines) is 1. The molecule has 0 aliphatic carbocycles. The molecule has 2 saturated heterocycles. The number of H-pyrrole nitrogens is 1. The van der Waals surface area contributed by atoms with E-state index in [0.717, 1.165) is 17.4 Å². The number of piperidine rings is 1. The second-order valence-electron chi connectivity index (χ2n) is 7.85. The highest BCUT2D eigenvalue weighted by Crippen LogP contribution is 2.33. The van der Waals surface area contributed by atoms with Gasteiger partial charge in [0, 0.05) is 56.3 Å². The van der Waals surface area contributed by atoms with Crippen LogP contribution in [-0.4, -0.2) is 84.1 Å². The SMILES string of the molecule is CN(C)CCN1CC2(CCN(C(=O)c3ccc4cc[nH]c4c3)CC2)OC1=O. The van der Waals surface area contributed by atoms with Crippen LogP contribution in [0.2, 0.25) is 0 Å². The molecule has 7 heteroatoms. The minimum atomic E-state index is -0.441. The smallest absolute Gasteiger partial charge is 0.410 e. The van der Waals surface area contributed by atoms with E-state index in [9.17, 15) is 9.59 Å². The van der Waals surface area contributed by atoms with Crippen molar-refractivity contribution < 1.29 is 14.3 Å². The van der Waals surface area contributed by atoms with Crippen molar-refractivity contribution in [2.75, 3.05) is 46.8 Å². The predicted octanol–water partition coefficient (Wildman–Crippen LogP) is 2.16. The minimum Gasteiger partial charge on any atom is -0.441 e. The Morgan fingerprint density at radius 2 is 2.04 bits per heavy atom. The largest absolute Gasteiger partial charge is 0.441 e. The van der Waals surface area contributed by atoms with Gasteiger partial charge in [0.05, 0.1) is 6.54 Å². The van der Waals surface area contributed by atoms with E-state index in [1.54, 1.807) is 4.90 Å². The molecular weight excluding hydrogens is 344 g/mol. The van der Waals surface area contributed by atoms with Crippen LogP contribution in [0.4, 0.5) is 4.79 Å². The molecular formula is C20H26N4O3. The van der Waals surface area contributed by atoms with Crippen molar-refractivity contribution in [1.82, 2.24) is 19.7 Å². The first-order valence-electron chi connectivity index (χ1n) is 9.45. The highest BCUT2D eigenvalue weighted by atomic mass is 16.6. The van der Waals surface area contributed by atoms with E-state index in [-0.39, 0.29) is 12.0 Å². The third-order valence-corrected chi connectivity index (χ3v) is 5.62. The molecule has 7 nitrogen and oxygen atoms in total. The number of likely N-dealkylation sites (N-methyl/N-ethyl adjacent to an activating group) is 1. The summed E-state index contributed by atoms with van der Waals surface area (Å²) >= 11 is 0. The number of hydrogen-bond donors (Lipinski definition) is 1. The molecule has 2 fully saturated rings. The summed E-state index contributed by atoms with van der Waals surface area (Å²) in [5.41, 5.74) is 1.22. The number of hydrogen-bond acceptors (Lipinski definition) is 4. The quantitative estimate of drug-likeness (QED) is 0.895. The Kier molecular flexibility index (Phi) is 4.55. The van der Waals surface area contributed by atoms with Crippen LogP contribution in [0.5, 0.6) is 0 Å². The van der Waals surface area contributed by atoms with Gasteiger partial charge < -0.3 is 24.4 Å². The molecule has 4 rings (SSSR count). The topological polar surface area (TPSA) is 68.9 Å². The van der Waals surface area contributed by atoms with Gasteiger partial charge in [-0.25, -0.2) is 4.79 Å². The lowest BCUT2D eigenvalue weighted by Crippen LogP contribution is -2.49. The molecule has 27 heavy (non-hydrogen) atoms. The summed E-state index contributed by atoms with van der Waals surface area (Å²) in [6.07, 6.45) is 3.02. The van der Waals surface area contributed by atoms with E-state index in [1.807, 2.05) is 49.5 Å². The van der Waals surface area contributed by atoms with Crippen molar-refractivity contribution in [3.8, 4) is 0 Å². The molecule has 0 unspecified atom stereocenters. The fourth-order valence-corrected chi connectivity index (χ4v) is 3.93. The number of ether oxygens (including phenoxy) is 1. The zero-order valence-electron chi connectivity index (χ0n) is 15.9. The van der Waals surface area contributed by atoms with E-state index in [1.165, 1.54) is 0 Å². The lowest BCUT2D eigenvalue weighted by atomic mass is 9.91. The van der Waals surface area contributed by atoms with Gasteiger partial charge in [-0.3, -0.25) is 4.79 Å². The summed E-state index contributed by atoms with van der Waals surface area (Å²) < 4.78 is 5.74. The molecule has 2 aromatic rings. The average Bonchev–Trinajstić information content (AvgIpc) is 3.24. The van der Waals surface area contributed by atoms with Gasteiger partial charge in [0.15, 0.2) is 0 Å². The van der Waals surface area contributed by atoms with E-state index in [2.05, 4.69) is 9.88 Å². The fourth-order valence-electron chi connectivity index (χ4n) is 3.93. The molecule has 2 aliphatic heterocycles. The second-order valence-corrected chi connectivity index (χ2v) is 7.85. The monoisotopic (exact) mass is 370 g/mol. The van der Waals surface area contributed by atoms with Crippen LogP contribution in [0.25, 0.3) is 10.9 Å². The van der Waals surface area contributed by atoms with Gasteiger partial charge in [-0.1, -0.05) is 6.07 Å². The Labute approximate surface area is 158 Å². The first kappa shape index (κ1) is 17.9. The van der Waals surface area contributed by atoms with Gasteiger partial charge >= 0.3 is 6.09 Å². The van der Waals surface area contributed by atoms with Crippen molar-refractivity contribution in [2.24, 2.45) is 0 Å². The second kappa shape index (κ2) is 6.88. The molecule has 0 radical (unpaired) electrons. The van der Waals surface area contributed by atoms with Gasteiger partial charge in [-0.2, -0.15) is 0 Å². The average molecular weight is 370 g/mol. The van der Waals surface area contributed by atoms with Crippen LogP contribution in [0.3, 0.4) is 0 Å². The third kappa shape index (κ3) is 3.51. The highest BCUT2D eigenvalue weighted by Gasteiger charge is 2.47. The van der Waals surface area contributed by atoms with Crippen LogP contribution in [0, 0.1) is 0 Å². The maximum absolute atomic E-state index is 12.9. The highest BCUT2D eigenvalue weighted by molar-refractivity contribution is 5.98. The van der Waals surface area contributed by atoms with Gasteiger partial charge in [0.1, 0.15) is 5.60 Å². The molecule has 1 spiro atoms. The fraction of sp³-hybridized carbons (Fsp3) is 0.500. The number of aromatic nitrogens is 1. The zero-order valence-corrected chi connectivity index (χ0v) is 15.9. The van der Waals surface area contributed by atoms with E-state index in [4.69, 9.17) is 4.74 Å². The number of rotatable bonds is 4. The normalized spacial score (nSPS) is 19.3. The summed E-state index contributed by atoms with van der Waals surface area (Å²) in [4.78, 5) is 33.9. The number of aromatic amines is 1. The summed E-state index contributed by atoms with van der Waals surface area (Å²) in [6.45, 7) is 3.33. The molecule has 0 atom stereocenters. The third-order valence-electron chi connectivity index (χ3n) is 5.62. The number of carbonyl (C=O) groups excluding carboxylic acids is 2. The molecule has 2 amide bonds. The minimum absolute atomic E-state index is 0.0372. The molecule has 1 N–H and O–H groups in total. The van der Waals surface area contributed by atoms with Crippen molar-refractivity contribution in [1.29, 1.82) is 0 Å². The summed E-state index contributed by atoms with van der Waals surface area (Å²) in [6, 6.07) is 7.73. The van der Waals surface area contributed by atoms with Crippen LogP contribution in [-0.2, 0) is 4.74 Å². The van der Waals surface area contributed by atoms with E-state index < -0.39 is 5.60 Å². The molecule has 144 valence electrons. The standard InChI is InChI=1S/C20H26N4O3/c1-22(2)11-12-24-14-20(27-19(24)26)6-9-23(10-7-20)18(25)16-4-3-15-5-8-21-17(15)13-16/h3-5,8,13,21H,6-7,9-12,14H2,1-2H3. The molecule has 0 bridgehead atoms. The molecule has 1 aromatic heterocycles. The Hall–Kier alpha value is -2.54. The van der Waals surface area contributed by atoms with Gasteiger partial charge in [0.2, 0.25) is 0 Å². The van der Waals surface area contributed by atoms with Crippen molar-refractivity contribution >= 4 is 22.9 Å². The maximum Gasteiger partial charge on any atom is 0.410 e. The van der Waals surface area contributed by atoms with E-state index in [0.29, 0.717) is 44.6 Å². The number of fused-ring (bicyclic) bond motifs is 1. The summed E-state index contributed by atoms with van der Waals surface area (Å²) in [7, 11) is 3.98. The number of nitrogens with zero attached hydrogens (tertiary/aromatic N) is 3. The van der Waals surface area contributed by atoms with E-state index >= 15 is 0 Å². The number of amides is 2. The van der Waals surface area contributed by atoms with Crippen molar-refractivity contribution in [3.63, 3.8) is 0 Å². The Morgan fingerprint density at radius 3 is 2.78 bits per heavy atom. The van der Waals surface area contributed by atoms with Gasteiger partial charge in [-0.15, -0.1) is 0 Å². The van der Waals surface area contributed by atoms with Crippen LogP contribution in [0.1, 0.15) is 23.2 Å². The molecule has 2 aliphatic rings. The van der Waals surface area contributed by atoms with Gasteiger partial charge in [0.25, 0.3) is 5.91 Å². The Balaban J connectivity index is 1.38. The Morgan fingerprint density at radius 1 is 1.26 bits per heavy atom. The molecule has 0 saturated carbocycles.